The lowest BCUT2D eigenvalue weighted by molar-refractivity contribution is -0.117. The summed E-state index contributed by atoms with van der Waals surface area (Å²) in [6.45, 7) is 5.22. The van der Waals surface area contributed by atoms with E-state index < -0.39 is 0 Å². The molecule has 0 spiro atoms. The number of hydrogen-bond donors (Lipinski definition) is 3. The van der Waals surface area contributed by atoms with E-state index in [1.165, 1.54) is 6.92 Å². The number of carbonyl (C=O) groups excluding carboxylic acids is 2. The van der Waals surface area contributed by atoms with Crippen LogP contribution in [0.2, 0.25) is 0 Å². The van der Waals surface area contributed by atoms with Gasteiger partial charge in [0.25, 0.3) is 0 Å². The van der Waals surface area contributed by atoms with E-state index in [-0.39, 0.29) is 11.8 Å². The van der Waals surface area contributed by atoms with Crippen LogP contribution in [0.4, 0.5) is 11.4 Å². The highest BCUT2D eigenvalue weighted by atomic mass is 16.2. The predicted molar refractivity (Wildman–Crippen MR) is 75.1 cm³/mol. The molecule has 1 aliphatic heterocycles. The van der Waals surface area contributed by atoms with Gasteiger partial charge in [0.05, 0.1) is 0 Å². The van der Waals surface area contributed by atoms with Gasteiger partial charge in [0, 0.05) is 24.7 Å². The van der Waals surface area contributed by atoms with Gasteiger partial charge in [-0.05, 0) is 49.7 Å². The molecule has 1 saturated heterocycles. The molecule has 1 fully saturated rings. The SMILES string of the molecule is CC(=O)Nc1ccc(NC(=O)CC2CNC2)cc1C. The third-order valence-electron chi connectivity index (χ3n) is 3.16. The topological polar surface area (TPSA) is 70.2 Å². The maximum atomic E-state index is 11.8. The molecule has 0 atom stereocenters. The fourth-order valence-electron chi connectivity index (χ4n) is 2.04. The molecular formula is C14H19N3O2. The van der Waals surface area contributed by atoms with Gasteiger partial charge >= 0.3 is 0 Å². The number of aryl methyl sites for hydroxylation is 1. The number of hydrogen-bond acceptors (Lipinski definition) is 3. The van der Waals surface area contributed by atoms with E-state index in [4.69, 9.17) is 0 Å². The second-order valence-corrected chi connectivity index (χ2v) is 4.99. The second kappa shape index (κ2) is 5.84. The summed E-state index contributed by atoms with van der Waals surface area (Å²) >= 11 is 0. The molecule has 5 nitrogen and oxygen atoms in total. The van der Waals surface area contributed by atoms with E-state index >= 15 is 0 Å². The first kappa shape index (κ1) is 13.5. The summed E-state index contributed by atoms with van der Waals surface area (Å²) in [7, 11) is 0. The van der Waals surface area contributed by atoms with Crippen LogP contribution in [0.5, 0.6) is 0 Å². The van der Waals surface area contributed by atoms with Gasteiger partial charge in [-0.3, -0.25) is 9.59 Å². The lowest BCUT2D eigenvalue weighted by atomic mass is 9.99. The fraction of sp³-hybridized carbons (Fsp3) is 0.429. The number of nitrogens with one attached hydrogen (secondary N) is 3. The van der Waals surface area contributed by atoms with Crippen molar-refractivity contribution in [2.45, 2.75) is 20.3 Å². The Morgan fingerprint density at radius 1 is 1.32 bits per heavy atom. The molecule has 19 heavy (non-hydrogen) atoms. The summed E-state index contributed by atoms with van der Waals surface area (Å²) in [5.41, 5.74) is 2.47. The molecule has 0 radical (unpaired) electrons. The molecular weight excluding hydrogens is 242 g/mol. The number of benzene rings is 1. The maximum Gasteiger partial charge on any atom is 0.224 e. The Morgan fingerprint density at radius 2 is 2.05 bits per heavy atom. The van der Waals surface area contributed by atoms with Crippen molar-refractivity contribution in [2.75, 3.05) is 23.7 Å². The summed E-state index contributed by atoms with van der Waals surface area (Å²) in [6.07, 6.45) is 0.555. The van der Waals surface area contributed by atoms with Crippen LogP contribution >= 0.6 is 0 Å². The normalized spacial score (nSPS) is 14.6. The average molecular weight is 261 g/mol. The number of amides is 2. The first-order chi connectivity index (χ1) is 9.04. The van der Waals surface area contributed by atoms with Crippen molar-refractivity contribution in [3.63, 3.8) is 0 Å². The van der Waals surface area contributed by atoms with Gasteiger partial charge < -0.3 is 16.0 Å². The van der Waals surface area contributed by atoms with Crippen LogP contribution in [0.1, 0.15) is 18.9 Å². The first-order valence-corrected chi connectivity index (χ1v) is 6.43. The largest absolute Gasteiger partial charge is 0.326 e. The Labute approximate surface area is 112 Å². The molecule has 0 saturated carbocycles. The van der Waals surface area contributed by atoms with Crippen molar-refractivity contribution in [1.29, 1.82) is 0 Å². The van der Waals surface area contributed by atoms with E-state index in [1.807, 2.05) is 13.0 Å². The van der Waals surface area contributed by atoms with E-state index in [0.717, 1.165) is 30.0 Å². The first-order valence-electron chi connectivity index (χ1n) is 6.43. The Balaban J connectivity index is 1.94. The average Bonchev–Trinajstić information content (AvgIpc) is 2.27. The molecule has 1 aromatic rings. The van der Waals surface area contributed by atoms with Crippen LogP contribution in [0, 0.1) is 12.8 Å². The van der Waals surface area contributed by atoms with E-state index in [1.54, 1.807) is 12.1 Å². The van der Waals surface area contributed by atoms with Gasteiger partial charge in [-0.15, -0.1) is 0 Å². The molecule has 3 N–H and O–H groups in total. The molecule has 0 unspecified atom stereocenters. The Hall–Kier alpha value is -1.88. The quantitative estimate of drug-likeness (QED) is 0.769. The van der Waals surface area contributed by atoms with Crippen molar-refractivity contribution < 1.29 is 9.59 Å². The van der Waals surface area contributed by atoms with E-state index in [9.17, 15) is 9.59 Å². The van der Waals surface area contributed by atoms with Gasteiger partial charge in [0.1, 0.15) is 0 Å². The molecule has 0 bridgehead atoms. The van der Waals surface area contributed by atoms with Gasteiger partial charge in [-0.25, -0.2) is 0 Å². The lowest BCUT2D eigenvalue weighted by Crippen LogP contribution is -2.43. The van der Waals surface area contributed by atoms with Crippen molar-refractivity contribution in [1.82, 2.24) is 5.32 Å². The molecule has 1 aliphatic rings. The number of rotatable bonds is 4. The second-order valence-electron chi connectivity index (χ2n) is 4.99. The predicted octanol–water partition coefficient (Wildman–Crippen LogP) is 1.50. The van der Waals surface area contributed by atoms with E-state index in [2.05, 4.69) is 16.0 Å². The standard InChI is InChI=1S/C14H19N3O2/c1-9-5-12(3-4-13(9)16-10(2)18)17-14(19)6-11-7-15-8-11/h3-5,11,15H,6-8H2,1-2H3,(H,16,18)(H,17,19). The highest BCUT2D eigenvalue weighted by Crippen LogP contribution is 2.20. The number of carbonyl (C=O) groups is 2. The summed E-state index contributed by atoms with van der Waals surface area (Å²) in [6, 6.07) is 5.47. The molecule has 0 aliphatic carbocycles. The summed E-state index contributed by atoms with van der Waals surface area (Å²) < 4.78 is 0. The van der Waals surface area contributed by atoms with Crippen LogP contribution in [0.3, 0.4) is 0 Å². The minimum atomic E-state index is -0.0997. The Bertz CT molecular complexity index is 495. The van der Waals surface area contributed by atoms with Gasteiger partial charge in [0.15, 0.2) is 0 Å². The van der Waals surface area contributed by atoms with Crippen LogP contribution in [0.15, 0.2) is 18.2 Å². The minimum absolute atomic E-state index is 0.0400. The zero-order valence-corrected chi connectivity index (χ0v) is 11.2. The van der Waals surface area contributed by atoms with Crippen molar-refractivity contribution >= 4 is 23.2 Å². The third kappa shape index (κ3) is 3.79. The van der Waals surface area contributed by atoms with Crippen LogP contribution < -0.4 is 16.0 Å². The minimum Gasteiger partial charge on any atom is -0.326 e. The van der Waals surface area contributed by atoms with Gasteiger partial charge in [-0.1, -0.05) is 0 Å². The lowest BCUT2D eigenvalue weighted by Gasteiger charge is -2.26. The zero-order valence-electron chi connectivity index (χ0n) is 11.2. The third-order valence-corrected chi connectivity index (χ3v) is 3.16. The molecule has 0 aromatic heterocycles. The van der Waals surface area contributed by atoms with Crippen molar-refractivity contribution in [3.8, 4) is 0 Å². The maximum absolute atomic E-state index is 11.8. The van der Waals surface area contributed by atoms with Crippen LogP contribution in [0.25, 0.3) is 0 Å². The van der Waals surface area contributed by atoms with Crippen molar-refractivity contribution in [2.24, 2.45) is 5.92 Å². The highest BCUT2D eigenvalue weighted by Gasteiger charge is 2.20. The van der Waals surface area contributed by atoms with Gasteiger partial charge in [-0.2, -0.15) is 0 Å². The van der Waals surface area contributed by atoms with Crippen LogP contribution in [-0.4, -0.2) is 24.9 Å². The molecule has 2 amide bonds. The van der Waals surface area contributed by atoms with Gasteiger partial charge in [0.2, 0.25) is 11.8 Å². The molecule has 5 heteroatoms. The smallest absolute Gasteiger partial charge is 0.224 e. The molecule has 102 valence electrons. The fourth-order valence-corrected chi connectivity index (χ4v) is 2.04. The summed E-state index contributed by atoms with van der Waals surface area (Å²) in [5, 5.41) is 8.77. The summed E-state index contributed by atoms with van der Waals surface area (Å²) in [4.78, 5) is 22.8. The monoisotopic (exact) mass is 261 g/mol. The number of anilines is 2. The molecule has 1 heterocycles. The summed E-state index contributed by atoms with van der Waals surface area (Å²) in [5.74, 6) is 0.398. The Morgan fingerprint density at radius 3 is 2.58 bits per heavy atom. The van der Waals surface area contributed by atoms with E-state index in [0.29, 0.717) is 12.3 Å². The van der Waals surface area contributed by atoms with Crippen molar-refractivity contribution in [3.05, 3.63) is 23.8 Å². The molecule has 1 aromatic carbocycles. The zero-order chi connectivity index (χ0) is 13.8. The molecule has 2 rings (SSSR count). The Kier molecular flexibility index (Phi) is 4.16. The van der Waals surface area contributed by atoms with Crippen LogP contribution in [-0.2, 0) is 9.59 Å². The highest BCUT2D eigenvalue weighted by molar-refractivity contribution is 5.93.